The van der Waals surface area contributed by atoms with Crippen molar-refractivity contribution in [1.29, 1.82) is 0 Å². The number of anilines is 3. The lowest BCUT2D eigenvalue weighted by atomic mass is 10.2. The van der Waals surface area contributed by atoms with Gasteiger partial charge in [0.2, 0.25) is 0 Å². The number of benzene rings is 1. The molecule has 3 amide bonds. The first-order valence-corrected chi connectivity index (χ1v) is 14.0. The van der Waals surface area contributed by atoms with Crippen LogP contribution in [0.2, 0.25) is 0 Å². The molecule has 0 bridgehead atoms. The van der Waals surface area contributed by atoms with E-state index in [2.05, 4.69) is 35.7 Å². The largest absolute Gasteiger partial charge is 0.378 e. The number of aromatic nitrogens is 6. The van der Waals surface area contributed by atoms with Gasteiger partial charge in [-0.25, -0.2) is 24.4 Å². The van der Waals surface area contributed by atoms with Crippen LogP contribution in [0.3, 0.4) is 0 Å². The molecule has 1 aromatic carbocycles. The molecule has 6 rings (SSSR count). The van der Waals surface area contributed by atoms with Crippen LogP contribution in [-0.4, -0.2) is 111 Å². The molecule has 0 spiro atoms. The van der Waals surface area contributed by atoms with Gasteiger partial charge in [-0.1, -0.05) is 5.21 Å². The van der Waals surface area contributed by atoms with E-state index in [1.807, 2.05) is 26.1 Å². The van der Waals surface area contributed by atoms with Crippen molar-refractivity contribution in [2.75, 3.05) is 75.1 Å². The van der Waals surface area contributed by atoms with Crippen molar-refractivity contribution >= 4 is 40.3 Å². The fourth-order valence-corrected chi connectivity index (χ4v) is 4.94. The van der Waals surface area contributed by atoms with E-state index < -0.39 is 6.03 Å². The maximum Gasteiger partial charge on any atom is 0.323 e. The third-order valence-corrected chi connectivity index (χ3v) is 7.39. The molecule has 0 aliphatic carbocycles. The number of likely N-dealkylation sites (N-methyl/N-ethyl adjacent to an activating group) is 1. The van der Waals surface area contributed by atoms with Crippen LogP contribution in [0.25, 0.3) is 22.6 Å². The van der Waals surface area contributed by atoms with Crippen molar-refractivity contribution in [3.05, 3.63) is 48.3 Å². The Morgan fingerprint density at radius 3 is 2.31 bits per heavy atom. The van der Waals surface area contributed by atoms with Crippen LogP contribution in [0.1, 0.15) is 17.4 Å². The summed E-state index contributed by atoms with van der Waals surface area (Å²) in [6.45, 7) is 8.34. The number of carbonyl (C=O) groups is 2. The third-order valence-electron chi connectivity index (χ3n) is 7.39. The van der Waals surface area contributed by atoms with Crippen molar-refractivity contribution < 1.29 is 14.3 Å². The number of aryl methyl sites for hydroxylation is 1. The number of nitrogens with one attached hydrogen (secondary N) is 2. The molecular weight excluding hydrogens is 538 g/mol. The Labute approximate surface area is 242 Å². The minimum atomic E-state index is -0.423. The minimum absolute atomic E-state index is 0.102. The van der Waals surface area contributed by atoms with E-state index >= 15 is 0 Å². The minimum Gasteiger partial charge on any atom is -0.378 e. The molecule has 14 nitrogen and oxygen atoms in total. The number of rotatable bonds is 6. The van der Waals surface area contributed by atoms with Gasteiger partial charge < -0.3 is 30.1 Å². The zero-order chi connectivity index (χ0) is 29.1. The predicted molar refractivity (Wildman–Crippen MR) is 158 cm³/mol. The summed E-state index contributed by atoms with van der Waals surface area (Å²) in [7, 11) is 2.04. The third kappa shape index (κ3) is 5.85. The van der Waals surface area contributed by atoms with Crippen molar-refractivity contribution in [3.63, 3.8) is 0 Å². The highest BCUT2D eigenvalue weighted by atomic mass is 16.5. The zero-order valence-electron chi connectivity index (χ0n) is 23.7. The van der Waals surface area contributed by atoms with E-state index in [9.17, 15) is 9.59 Å². The lowest BCUT2D eigenvalue weighted by molar-refractivity contribution is 0.0658. The van der Waals surface area contributed by atoms with Crippen LogP contribution in [0.5, 0.6) is 0 Å². The van der Waals surface area contributed by atoms with Gasteiger partial charge in [0.05, 0.1) is 25.1 Å². The Morgan fingerprint density at radius 1 is 0.905 bits per heavy atom. The van der Waals surface area contributed by atoms with Crippen LogP contribution >= 0.6 is 0 Å². The second-order valence-electron chi connectivity index (χ2n) is 10.2. The maximum atomic E-state index is 12.7. The standard InChI is InChI=1S/C28H33N11O3/c1-3-39-26-23(34-35-39)25(37-14-16-42-17-15-37)32-24(33-26)19-4-6-20(7-5-19)30-28(41)31-21-8-9-22(29-18-21)27(40)38-12-10-36(2)11-13-38/h4-9,18H,3,10-17H2,1-2H3,(H2,30,31,41). The van der Waals surface area contributed by atoms with Gasteiger partial charge in [-0.3, -0.25) is 4.79 Å². The second kappa shape index (κ2) is 12.0. The molecule has 42 heavy (non-hydrogen) atoms. The lowest BCUT2D eigenvalue weighted by Gasteiger charge is -2.32. The molecular formula is C28H33N11O3. The highest BCUT2D eigenvalue weighted by Crippen LogP contribution is 2.27. The summed E-state index contributed by atoms with van der Waals surface area (Å²) in [4.78, 5) is 45.4. The summed E-state index contributed by atoms with van der Waals surface area (Å²) in [5, 5.41) is 14.2. The van der Waals surface area contributed by atoms with Crippen molar-refractivity contribution in [2.45, 2.75) is 13.5 Å². The van der Waals surface area contributed by atoms with Gasteiger partial charge in [0.15, 0.2) is 22.8 Å². The number of ether oxygens (including phenoxy) is 1. The number of nitrogens with zero attached hydrogens (tertiary/aromatic N) is 9. The van der Waals surface area contributed by atoms with Gasteiger partial charge >= 0.3 is 6.03 Å². The number of urea groups is 1. The number of carbonyl (C=O) groups excluding carboxylic acids is 2. The number of hydrogen-bond acceptors (Lipinski definition) is 10. The molecule has 0 saturated carbocycles. The van der Waals surface area contributed by atoms with Gasteiger partial charge in [0.25, 0.3) is 5.91 Å². The number of morpholine rings is 1. The van der Waals surface area contributed by atoms with E-state index in [0.29, 0.717) is 80.0 Å². The smallest absolute Gasteiger partial charge is 0.323 e. The molecule has 2 N–H and O–H groups in total. The summed E-state index contributed by atoms with van der Waals surface area (Å²) < 4.78 is 7.27. The molecule has 0 atom stereocenters. The Bertz CT molecular complexity index is 1560. The van der Waals surface area contributed by atoms with Gasteiger partial charge in [-0.05, 0) is 50.4 Å². The average molecular weight is 572 g/mol. The van der Waals surface area contributed by atoms with Crippen molar-refractivity contribution in [3.8, 4) is 11.4 Å². The van der Waals surface area contributed by atoms with Crippen LogP contribution in [0.15, 0.2) is 42.6 Å². The molecule has 3 aromatic heterocycles. The zero-order valence-corrected chi connectivity index (χ0v) is 23.7. The van der Waals surface area contributed by atoms with Crippen LogP contribution in [0, 0.1) is 0 Å². The normalized spacial score (nSPS) is 16.0. The maximum absolute atomic E-state index is 12.7. The van der Waals surface area contributed by atoms with Gasteiger partial charge in [-0.15, -0.1) is 5.10 Å². The second-order valence-corrected chi connectivity index (χ2v) is 10.2. The number of hydrogen-bond donors (Lipinski definition) is 2. The van der Waals surface area contributed by atoms with Gasteiger partial charge in [0, 0.05) is 57.1 Å². The number of amides is 3. The number of fused-ring (bicyclic) bond motifs is 1. The van der Waals surface area contributed by atoms with E-state index in [1.165, 1.54) is 6.20 Å². The quantitative estimate of drug-likeness (QED) is 0.353. The first kappa shape index (κ1) is 27.5. The Hall–Kier alpha value is -4.69. The average Bonchev–Trinajstić information content (AvgIpc) is 3.45. The van der Waals surface area contributed by atoms with E-state index in [4.69, 9.17) is 14.7 Å². The number of piperazine rings is 1. The molecule has 4 aromatic rings. The number of pyridine rings is 1. The molecule has 2 saturated heterocycles. The molecule has 5 heterocycles. The Balaban J connectivity index is 1.12. The van der Waals surface area contributed by atoms with Crippen molar-refractivity contribution in [1.82, 2.24) is 39.7 Å². The SMILES string of the molecule is CCn1nnc2c(N3CCOCC3)nc(-c3ccc(NC(=O)Nc4ccc(C(=O)N5CCN(C)CC5)nc4)cc3)nc21. The molecule has 0 radical (unpaired) electrons. The summed E-state index contributed by atoms with van der Waals surface area (Å²) in [6, 6.07) is 10.2. The summed E-state index contributed by atoms with van der Waals surface area (Å²) in [6.07, 6.45) is 1.49. The Kier molecular flexibility index (Phi) is 7.88. The molecule has 2 aliphatic rings. The highest BCUT2D eigenvalue weighted by molar-refractivity contribution is 6.00. The molecule has 14 heteroatoms. The van der Waals surface area contributed by atoms with Crippen LogP contribution < -0.4 is 15.5 Å². The molecule has 2 fully saturated rings. The fourth-order valence-electron chi connectivity index (χ4n) is 4.94. The summed E-state index contributed by atoms with van der Waals surface area (Å²) >= 11 is 0. The van der Waals surface area contributed by atoms with Crippen molar-refractivity contribution in [2.24, 2.45) is 0 Å². The predicted octanol–water partition coefficient (Wildman–Crippen LogP) is 2.17. The monoisotopic (exact) mass is 571 g/mol. The van der Waals surface area contributed by atoms with Gasteiger partial charge in [-0.2, -0.15) is 0 Å². The topological polar surface area (TPSA) is 147 Å². The lowest BCUT2D eigenvalue weighted by Crippen LogP contribution is -2.47. The Morgan fingerprint density at radius 2 is 1.62 bits per heavy atom. The molecule has 218 valence electrons. The van der Waals surface area contributed by atoms with E-state index in [-0.39, 0.29) is 5.91 Å². The summed E-state index contributed by atoms with van der Waals surface area (Å²) in [5.74, 6) is 1.19. The van der Waals surface area contributed by atoms with Crippen LogP contribution in [-0.2, 0) is 11.3 Å². The summed E-state index contributed by atoms with van der Waals surface area (Å²) in [5.41, 5.74) is 3.58. The highest BCUT2D eigenvalue weighted by Gasteiger charge is 2.23. The first-order valence-electron chi connectivity index (χ1n) is 14.0. The van der Waals surface area contributed by atoms with Gasteiger partial charge in [0.1, 0.15) is 5.69 Å². The van der Waals surface area contributed by atoms with E-state index in [0.717, 1.165) is 24.5 Å². The first-order chi connectivity index (χ1) is 20.5. The van der Waals surface area contributed by atoms with E-state index in [1.54, 1.807) is 33.8 Å². The fraction of sp³-hybridized carbons (Fsp3) is 0.393. The molecule has 2 aliphatic heterocycles. The molecule has 0 unspecified atom stereocenters. The van der Waals surface area contributed by atoms with Crippen LogP contribution in [0.4, 0.5) is 22.0 Å².